The number of allylic oxidation sites excluding steroid dienone is 2. The molecule has 6 rings (SSSR count). The van der Waals surface area contributed by atoms with Crippen molar-refractivity contribution in [1.29, 1.82) is 0 Å². The highest BCUT2D eigenvalue weighted by Crippen LogP contribution is 2.43. The highest BCUT2D eigenvalue weighted by atomic mass is 19.4. The van der Waals surface area contributed by atoms with Crippen LogP contribution in [-0.4, -0.2) is 36.2 Å². The van der Waals surface area contributed by atoms with E-state index in [0.29, 0.717) is 22.5 Å². The fraction of sp³-hybridized carbons (Fsp3) is 0.340. The molecule has 0 N–H and O–H groups in total. The number of aryl methyl sites for hydroxylation is 6. The van der Waals surface area contributed by atoms with Gasteiger partial charge in [-0.2, -0.15) is 22.0 Å². The van der Waals surface area contributed by atoms with Gasteiger partial charge in [-0.1, -0.05) is 125 Å². The molecular weight excluding hydrogens is 769 g/mol. The lowest BCUT2D eigenvalue weighted by Gasteiger charge is -2.22. The monoisotopic (exact) mass is 822 g/mol. The number of benzene rings is 4. The molecule has 0 spiro atoms. The first kappa shape index (κ1) is 44.5. The Labute approximate surface area is 351 Å². The first-order valence-corrected chi connectivity index (χ1v) is 20.1. The molecule has 3 nitrogen and oxygen atoms in total. The molecule has 1 aromatic heterocycles. The number of rotatable bonds is 9. The summed E-state index contributed by atoms with van der Waals surface area (Å²) in [6.07, 6.45) is -2.23. The Morgan fingerprint density at radius 3 is 1.53 bits per heavy atom. The summed E-state index contributed by atoms with van der Waals surface area (Å²) in [5.74, 6) is -5.30. The minimum atomic E-state index is -5.94. The molecule has 0 aliphatic carbocycles. The smallest absolute Gasteiger partial charge is 0.382 e. The third kappa shape index (κ3) is 9.00. The van der Waals surface area contributed by atoms with Gasteiger partial charge in [-0.15, -0.1) is 0 Å². The lowest BCUT2D eigenvalue weighted by molar-refractivity contribution is -0.290. The summed E-state index contributed by atoms with van der Waals surface area (Å²) in [6.45, 7) is 22.3. The molecule has 0 saturated heterocycles. The largest absolute Gasteiger partial charge is 0.638 e. The van der Waals surface area contributed by atoms with Gasteiger partial charge in [-0.3, -0.25) is 4.32 Å². The molecule has 5 aromatic rings. The predicted molar refractivity (Wildman–Crippen MR) is 236 cm³/mol. The maximum atomic E-state index is 17.0. The summed E-state index contributed by atoms with van der Waals surface area (Å²) < 4.78 is 92.1. The van der Waals surface area contributed by atoms with Gasteiger partial charge in [0, 0.05) is 28.1 Å². The molecule has 4 aromatic carbocycles. The standard InChI is InChI=1S/C50H53BF6N2O/c1-29-21-31(3)45(32(4)22-29)39-25-41(35-13-17-37(18-14-35)47(7,8)9)58-42(39)27-44-40(46-33(5)23-30(2)24-34(46)6)26-43(36-15-19-38(20-16-36)48(10,11)12)59(44)51(57)60-28-49(52,53)50(54,55)56/h13-27H,28H2,1-12H3/b42-27-. The van der Waals surface area contributed by atoms with E-state index in [2.05, 4.69) is 65.8 Å². The van der Waals surface area contributed by atoms with Gasteiger partial charge in [-0.25, -0.2) is 4.99 Å². The van der Waals surface area contributed by atoms with Crippen molar-refractivity contribution in [1.82, 2.24) is 4.48 Å². The second-order valence-corrected chi connectivity index (χ2v) is 18.3. The van der Waals surface area contributed by atoms with Crippen LogP contribution in [0.2, 0.25) is 0 Å². The SMILES string of the molecule is Cc1cc(C)c(C2=CC(c3ccc(C(C)(C)C)cc3)=N/C2=C\c2c(-c3c(C)cc(C)cc3C)cc(-c3ccc(C(C)(C)C)cc3)n2B(F)OCC(F)(F)C(F)(F)F)c(C)c1. The van der Waals surface area contributed by atoms with Gasteiger partial charge in [0.2, 0.25) is 0 Å². The van der Waals surface area contributed by atoms with Gasteiger partial charge in [0.1, 0.15) is 6.61 Å². The maximum Gasteiger partial charge on any atom is 0.638 e. The number of halogens is 6. The topological polar surface area (TPSA) is 26.5 Å². The minimum absolute atomic E-state index is 0.0773. The van der Waals surface area contributed by atoms with Crippen LogP contribution in [0.4, 0.5) is 26.3 Å². The van der Waals surface area contributed by atoms with E-state index >= 15 is 4.32 Å². The fourth-order valence-corrected chi connectivity index (χ4v) is 8.17. The highest BCUT2D eigenvalue weighted by molar-refractivity contribution is 6.43. The third-order valence-electron chi connectivity index (χ3n) is 11.2. The van der Waals surface area contributed by atoms with Crippen molar-refractivity contribution in [3.05, 3.63) is 152 Å². The van der Waals surface area contributed by atoms with E-state index in [1.54, 1.807) is 24.3 Å². The second kappa shape index (κ2) is 16.1. The molecule has 2 heterocycles. The first-order valence-electron chi connectivity index (χ1n) is 20.1. The van der Waals surface area contributed by atoms with Gasteiger partial charge in [0.15, 0.2) is 0 Å². The van der Waals surface area contributed by atoms with Crippen LogP contribution >= 0.6 is 0 Å². The van der Waals surface area contributed by atoms with Crippen molar-refractivity contribution >= 4 is 24.7 Å². The molecule has 0 fully saturated rings. The second-order valence-electron chi connectivity index (χ2n) is 18.3. The Kier molecular flexibility index (Phi) is 11.9. The molecule has 1 aliphatic rings. The van der Waals surface area contributed by atoms with E-state index in [1.807, 2.05) is 84.0 Å². The highest BCUT2D eigenvalue weighted by Gasteiger charge is 2.58. The summed E-state index contributed by atoms with van der Waals surface area (Å²) in [5.41, 5.74) is 13.6. The Balaban J connectivity index is 1.69. The quantitative estimate of drug-likeness (QED) is 0.107. The number of aromatic nitrogens is 1. The number of alkyl halides is 5. The van der Waals surface area contributed by atoms with Crippen molar-refractivity contribution in [3.8, 4) is 22.4 Å². The van der Waals surface area contributed by atoms with E-state index in [4.69, 9.17) is 9.65 Å². The number of nitrogens with zero attached hydrogens (tertiary/aromatic N) is 2. The zero-order valence-corrected chi connectivity index (χ0v) is 36.5. The van der Waals surface area contributed by atoms with Gasteiger partial charge >= 0.3 is 19.4 Å². The van der Waals surface area contributed by atoms with E-state index in [-0.39, 0.29) is 22.2 Å². The zero-order chi connectivity index (χ0) is 44.3. The summed E-state index contributed by atoms with van der Waals surface area (Å²) in [5, 5.41) is 0. The molecule has 314 valence electrons. The zero-order valence-electron chi connectivity index (χ0n) is 36.5. The van der Waals surface area contributed by atoms with Crippen LogP contribution in [0.25, 0.3) is 34.0 Å². The van der Waals surface area contributed by atoms with Crippen LogP contribution in [0.5, 0.6) is 0 Å². The van der Waals surface area contributed by atoms with Crippen LogP contribution in [-0.2, 0) is 15.5 Å². The molecule has 0 atom stereocenters. The molecular formula is C50H53BF6N2O. The number of hydrogen-bond donors (Lipinski definition) is 0. The van der Waals surface area contributed by atoms with Crippen LogP contribution in [0, 0.1) is 41.5 Å². The average molecular weight is 823 g/mol. The summed E-state index contributed by atoms with van der Waals surface area (Å²) in [6, 6.07) is 25.5. The maximum absolute atomic E-state index is 17.0. The van der Waals surface area contributed by atoms with Crippen LogP contribution in [0.3, 0.4) is 0 Å². The van der Waals surface area contributed by atoms with E-state index in [9.17, 15) is 22.0 Å². The van der Waals surface area contributed by atoms with Crippen molar-refractivity contribution in [2.24, 2.45) is 4.99 Å². The number of hydrogen-bond acceptors (Lipinski definition) is 2. The van der Waals surface area contributed by atoms with E-state index in [0.717, 1.165) is 71.2 Å². The van der Waals surface area contributed by atoms with E-state index < -0.39 is 26.0 Å². The molecule has 10 heteroatoms. The Morgan fingerprint density at radius 2 is 1.08 bits per heavy atom. The molecule has 0 radical (unpaired) electrons. The van der Waals surface area contributed by atoms with Gasteiger partial charge < -0.3 is 9.13 Å². The normalized spacial score (nSPS) is 14.5. The lowest BCUT2D eigenvalue weighted by atomic mass is 9.86. The molecule has 0 saturated carbocycles. The molecule has 60 heavy (non-hydrogen) atoms. The third-order valence-corrected chi connectivity index (χ3v) is 11.2. The summed E-state index contributed by atoms with van der Waals surface area (Å²) in [4.78, 5) is 5.18. The fourth-order valence-electron chi connectivity index (χ4n) is 8.17. The van der Waals surface area contributed by atoms with Crippen LogP contribution in [0.15, 0.2) is 95.6 Å². The van der Waals surface area contributed by atoms with Crippen molar-refractivity contribution in [2.75, 3.05) is 6.61 Å². The van der Waals surface area contributed by atoms with Gasteiger partial charge in [0.25, 0.3) is 0 Å². The van der Waals surface area contributed by atoms with Crippen molar-refractivity contribution in [2.45, 2.75) is 106 Å². The van der Waals surface area contributed by atoms with E-state index in [1.165, 1.54) is 0 Å². The predicted octanol–water partition coefficient (Wildman–Crippen LogP) is 14.2. The summed E-state index contributed by atoms with van der Waals surface area (Å²) in [7, 11) is -2.76. The van der Waals surface area contributed by atoms with Gasteiger partial charge in [-0.05, 0) is 121 Å². The average Bonchev–Trinajstić information content (AvgIpc) is 3.70. The van der Waals surface area contributed by atoms with Crippen LogP contribution in [0.1, 0.15) is 103 Å². The Morgan fingerprint density at radius 1 is 0.633 bits per heavy atom. The minimum Gasteiger partial charge on any atom is -0.382 e. The molecule has 0 unspecified atom stereocenters. The Hall–Kier alpha value is -5.09. The van der Waals surface area contributed by atoms with Gasteiger partial charge in [0.05, 0.1) is 11.4 Å². The van der Waals surface area contributed by atoms with Crippen molar-refractivity contribution < 1.29 is 30.9 Å². The molecule has 0 bridgehead atoms. The van der Waals surface area contributed by atoms with Crippen molar-refractivity contribution in [3.63, 3.8) is 0 Å². The Bertz CT molecular complexity index is 2480. The summed E-state index contributed by atoms with van der Waals surface area (Å²) >= 11 is 0. The molecule has 1 aliphatic heterocycles. The first-order chi connectivity index (χ1) is 27.8. The number of aliphatic imine (C=N–C) groups is 1. The lowest BCUT2D eigenvalue weighted by Crippen LogP contribution is -2.43. The van der Waals surface area contributed by atoms with Crippen LogP contribution < -0.4 is 0 Å². The molecule has 0 amide bonds.